The topological polar surface area (TPSA) is 86.2 Å². The lowest BCUT2D eigenvalue weighted by Gasteiger charge is -1.97. The van der Waals surface area contributed by atoms with Gasteiger partial charge in [0.25, 0.3) is 5.69 Å². The quantitative estimate of drug-likeness (QED) is 0.380. The molecule has 2 aromatic heterocycles. The van der Waals surface area contributed by atoms with Gasteiger partial charge in [-0.05, 0) is 35.9 Å². The minimum absolute atomic E-state index is 0.0621. The Balaban J connectivity index is 1.63. The SMILES string of the molecule is O=[N+]([O-])c1ccc(/C=C/c2nn3c(-c4cccc(Cl)c4)nnc3s2)cc1. The lowest BCUT2D eigenvalue weighted by Crippen LogP contribution is -1.90. The third-order valence-corrected chi connectivity index (χ3v) is 4.71. The maximum Gasteiger partial charge on any atom is 0.269 e. The van der Waals surface area contributed by atoms with E-state index in [1.165, 1.54) is 23.5 Å². The maximum absolute atomic E-state index is 10.7. The van der Waals surface area contributed by atoms with Gasteiger partial charge in [-0.3, -0.25) is 10.1 Å². The molecule has 0 saturated heterocycles. The van der Waals surface area contributed by atoms with Crippen molar-refractivity contribution in [2.75, 3.05) is 0 Å². The molecule has 9 heteroatoms. The smallest absolute Gasteiger partial charge is 0.258 e. The van der Waals surface area contributed by atoms with E-state index in [1.54, 1.807) is 22.7 Å². The fourth-order valence-corrected chi connectivity index (χ4v) is 3.31. The molecular weight excluding hydrogens is 374 g/mol. The predicted octanol–water partition coefficient (Wildman–Crippen LogP) is 4.58. The van der Waals surface area contributed by atoms with Crippen molar-refractivity contribution in [1.82, 2.24) is 19.8 Å². The van der Waals surface area contributed by atoms with Gasteiger partial charge in [0, 0.05) is 22.7 Å². The first-order valence-electron chi connectivity index (χ1n) is 7.51. The molecule has 0 atom stereocenters. The van der Waals surface area contributed by atoms with Gasteiger partial charge in [0.15, 0.2) is 5.82 Å². The molecule has 0 aliphatic heterocycles. The van der Waals surface area contributed by atoms with Crippen molar-refractivity contribution in [1.29, 1.82) is 0 Å². The molecule has 0 fully saturated rings. The number of aromatic nitrogens is 4. The molecule has 2 aromatic carbocycles. The first-order chi connectivity index (χ1) is 12.6. The van der Waals surface area contributed by atoms with E-state index in [0.29, 0.717) is 15.8 Å². The number of rotatable bonds is 4. The average molecular weight is 384 g/mol. The van der Waals surface area contributed by atoms with Crippen molar-refractivity contribution in [2.45, 2.75) is 0 Å². The van der Waals surface area contributed by atoms with Crippen LogP contribution in [-0.4, -0.2) is 24.7 Å². The highest BCUT2D eigenvalue weighted by atomic mass is 35.5. The van der Waals surface area contributed by atoms with E-state index in [4.69, 9.17) is 11.6 Å². The van der Waals surface area contributed by atoms with Crippen LogP contribution in [0.5, 0.6) is 0 Å². The highest BCUT2D eigenvalue weighted by molar-refractivity contribution is 7.17. The van der Waals surface area contributed by atoms with Crippen LogP contribution in [-0.2, 0) is 0 Å². The van der Waals surface area contributed by atoms with Crippen molar-refractivity contribution in [3.8, 4) is 11.4 Å². The Labute approximate surface area is 156 Å². The lowest BCUT2D eigenvalue weighted by molar-refractivity contribution is -0.384. The van der Waals surface area contributed by atoms with Crippen molar-refractivity contribution >= 4 is 45.7 Å². The van der Waals surface area contributed by atoms with Crippen LogP contribution in [0.4, 0.5) is 5.69 Å². The normalized spacial score (nSPS) is 11.4. The first-order valence-corrected chi connectivity index (χ1v) is 8.70. The number of nitrogens with zero attached hydrogens (tertiary/aromatic N) is 5. The number of nitro groups is 1. The summed E-state index contributed by atoms with van der Waals surface area (Å²) in [6, 6.07) is 13.7. The molecule has 0 radical (unpaired) electrons. The molecule has 7 nitrogen and oxygen atoms in total. The summed E-state index contributed by atoms with van der Waals surface area (Å²) >= 11 is 7.43. The van der Waals surface area contributed by atoms with Gasteiger partial charge < -0.3 is 0 Å². The second kappa shape index (κ2) is 6.66. The monoisotopic (exact) mass is 383 g/mol. The molecule has 0 bridgehead atoms. The van der Waals surface area contributed by atoms with Crippen LogP contribution >= 0.6 is 22.9 Å². The lowest BCUT2D eigenvalue weighted by atomic mass is 10.2. The van der Waals surface area contributed by atoms with Gasteiger partial charge in [-0.25, -0.2) is 0 Å². The number of nitro benzene ring substituents is 1. The second-order valence-electron chi connectivity index (χ2n) is 5.35. The summed E-state index contributed by atoms with van der Waals surface area (Å²) in [5.74, 6) is 0.619. The third-order valence-electron chi connectivity index (χ3n) is 3.61. The molecular formula is C17H10ClN5O2S. The summed E-state index contributed by atoms with van der Waals surface area (Å²) in [6.07, 6.45) is 3.68. The Bertz CT molecular complexity index is 1130. The van der Waals surface area contributed by atoms with Crippen LogP contribution < -0.4 is 0 Å². The third kappa shape index (κ3) is 3.19. The van der Waals surface area contributed by atoms with E-state index in [-0.39, 0.29) is 5.69 Å². The van der Waals surface area contributed by atoms with Crippen LogP contribution in [0.1, 0.15) is 10.6 Å². The molecule has 0 N–H and O–H groups in total. The van der Waals surface area contributed by atoms with Crippen molar-refractivity contribution in [2.24, 2.45) is 0 Å². The fraction of sp³-hybridized carbons (Fsp3) is 0. The van der Waals surface area contributed by atoms with Gasteiger partial charge in [-0.15, -0.1) is 10.2 Å². The average Bonchev–Trinajstić information content (AvgIpc) is 3.20. The highest BCUT2D eigenvalue weighted by Gasteiger charge is 2.12. The summed E-state index contributed by atoms with van der Waals surface area (Å²) in [6.45, 7) is 0. The Morgan fingerprint density at radius 1 is 1.12 bits per heavy atom. The van der Waals surface area contributed by atoms with E-state index in [2.05, 4.69) is 15.3 Å². The number of non-ortho nitro benzene ring substituents is 1. The standard InChI is InChI=1S/C17H10ClN5O2S/c18-13-3-1-2-12(10-13)16-19-20-17-22(16)21-15(26-17)9-6-11-4-7-14(8-5-11)23(24)25/h1-10H/b9-6+. The molecule has 4 aromatic rings. The Morgan fingerprint density at radius 2 is 1.92 bits per heavy atom. The zero-order valence-electron chi connectivity index (χ0n) is 13.1. The number of benzene rings is 2. The van der Waals surface area contributed by atoms with Crippen molar-refractivity contribution in [3.05, 3.63) is 74.2 Å². The highest BCUT2D eigenvalue weighted by Crippen LogP contribution is 2.24. The Hall–Kier alpha value is -3.10. The summed E-state index contributed by atoms with van der Waals surface area (Å²) in [5.41, 5.74) is 1.74. The van der Waals surface area contributed by atoms with Gasteiger partial charge >= 0.3 is 0 Å². The largest absolute Gasteiger partial charge is 0.269 e. The van der Waals surface area contributed by atoms with E-state index >= 15 is 0 Å². The predicted molar refractivity (Wildman–Crippen MR) is 101 cm³/mol. The van der Waals surface area contributed by atoms with Crippen LogP contribution in [0, 0.1) is 10.1 Å². The molecule has 0 aliphatic rings. The van der Waals surface area contributed by atoms with Gasteiger partial charge in [0.05, 0.1) is 4.92 Å². The fourth-order valence-electron chi connectivity index (χ4n) is 2.38. The Kier molecular flexibility index (Phi) is 4.19. The molecule has 26 heavy (non-hydrogen) atoms. The van der Waals surface area contributed by atoms with Crippen LogP contribution in [0.15, 0.2) is 48.5 Å². The van der Waals surface area contributed by atoms with Gasteiger partial charge in [-0.1, -0.05) is 41.1 Å². The summed E-state index contributed by atoms with van der Waals surface area (Å²) in [5, 5.41) is 24.9. The number of fused-ring (bicyclic) bond motifs is 1. The van der Waals surface area contributed by atoms with E-state index < -0.39 is 4.92 Å². The molecule has 0 amide bonds. The van der Waals surface area contributed by atoms with Crippen LogP contribution in [0.25, 0.3) is 28.5 Å². The van der Waals surface area contributed by atoms with Crippen molar-refractivity contribution < 1.29 is 4.92 Å². The Morgan fingerprint density at radius 3 is 2.65 bits per heavy atom. The minimum atomic E-state index is -0.423. The van der Waals surface area contributed by atoms with Crippen molar-refractivity contribution in [3.63, 3.8) is 0 Å². The molecule has 0 saturated carbocycles. The minimum Gasteiger partial charge on any atom is -0.258 e. The van der Waals surface area contributed by atoms with E-state index in [1.807, 2.05) is 30.4 Å². The molecule has 2 heterocycles. The zero-order chi connectivity index (χ0) is 18.1. The van der Waals surface area contributed by atoms with Gasteiger partial charge in [0.1, 0.15) is 5.01 Å². The number of hydrogen-bond donors (Lipinski definition) is 0. The molecule has 0 unspecified atom stereocenters. The summed E-state index contributed by atoms with van der Waals surface area (Å²) in [4.78, 5) is 10.9. The molecule has 128 valence electrons. The van der Waals surface area contributed by atoms with E-state index in [9.17, 15) is 10.1 Å². The molecule has 0 aliphatic carbocycles. The maximum atomic E-state index is 10.7. The number of hydrogen-bond acceptors (Lipinski definition) is 6. The first kappa shape index (κ1) is 16.4. The van der Waals surface area contributed by atoms with Crippen LogP contribution in [0.2, 0.25) is 5.02 Å². The summed E-state index contributed by atoms with van der Waals surface area (Å²) < 4.78 is 1.67. The number of halogens is 1. The molecule has 0 spiro atoms. The van der Waals surface area contributed by atoms with Gasteiger partial charge in [0.2, 0.25) is 4.96 Å². The zero-order valence-corrected chi connectivity index (χ0v) is 14.7. The summed E-state index contributed by atoms with van der Waals surface area (Å²) in [7, 11) is 0. The second-order valence-corrected chi connectivity index (χ2v) is 6.77. The van der Waals surface area contributed by atoms with Gasteiger partial charge in [-0.2, -0.15) is 9.61 Å². The molecule has 4 rings (SSSR count). The van der Waals surface area contributed by atoms with E-state index in [0.717, 1.165) is 16.1 Å². The van der Waals surface area contributed by atoms with Crippen LogP contribution in [0.3, 0.4) is 0 Å².